The molecular formula is C17H18ClFN2O4. The molecule has 1 N–H and O–H groups in total. The number of aryl methyl sites for hydroxylation is 2. The minimum atomic E-state index is -1.06. The topological polar surface area (TPSA) is 81.4 Å². The highest BCUT2D eigenvalue weighted by molar-refractivity contribution is 6.30. The average molecular weight is 369 g/mol. The zero-order valence-electron chi connectivity index (χ0n) is 14.1. The predicted molar refractivity (Wildman–Crippen MR) is 89.9 cm³/mol. The van der Waals surface area contributed by atoms with Gasteiger partial charge >= 0.3 is 5.97 Å². The van der Waals surface area contributed by atoms with Crippen molar-refractivity contribution >= 4 is 29.2 Å². The van der Waals surface area contributed by atoms with Crippen LogP contribution < -0.4 is 5.32 Å². The van der Waals surface area contributed by atoms with Crippen LogP contribution in [0.3, 0.4) is 0 Å². The molecular weight excluding hydrogens is 351 g/mol. The highest BCUT2D eigenvalue weighted by Gasteiger charge is 2.20. The lowest BCUT2D eigenvalue weighted by Crippen LogP contribution is -2.30. The number of ether oxygens (including phenoxy) is 1. The lowest BCUT2D eigenvalue weighted by molar-refractivity contribution is -0.153. The first-order valence-corrected chi connectivity index (χ1v) is 8.03. The number of amides is 1. The van der Waals surface area contributed by atoms with Crippen molar-refractivity contribution in [1.82, 2.24) is 5.16 Å². The summed E-state index contributed by atoms with van der Waals surface area (Å²) < 4.78 is 23.8. The summed E-state index contributed by atoms with van der Waals surface area (Å²) in [6.45, 7) is 4.96. The smallest absolute Gasteiger partial charge is 0.306 e. The standard InChI is InChI=1S/C17H18ClFN2O4/c1-9-13(10(2)25-21-9)5-7-16(22)24-11(3)17(23)20-15-6-4-12(18)8-14(15)19/h4,6,8,11H,5,7H2,1-3H3,(H,20,23)/t11-/m1/s1. The van der Waals surface area contributed by atoms with Crippen molar-refractivity contribution in [2.24, 2.45) is 0 Å². The maximum Gasteiger partial charge on any atom is 0.306 e. The molecule has 0 aliphatic rings. The van der Waals surface area contributed by atoms with Gasteiger partial charge in [-0.15, -0.1) is 0 Å². The Morgan fingerprint density at radius 2 is 2.12 bits per heavy atom. The second-order valence-electron chi connectivity index (χ2n) is 5.55. The number of hydrogen-bond donors (Lipinski definition) is 1. The molecule has 1 aromatic heterocycles. The number of halogens is 2. The number of nitrogens with zero attached hydrogens (tertiary/aromatic N) is 1. The van der Waals surface area contributed by atoms with Crippen LogP contribution in [0.5, 0.6) is 0 Å². The average Bonchev–Trinajstić information content (AvgIpc) is 2.86. The molecule has 0 saturated heterocycles. The molecule has 1 heterocycles. The number of rotatable bonds is 6. The van der Waals surface area contributed by atoms with Crippen molar-refractivity contribution in [3.63, 3.8) is 0 Å². The van der Waals surface area contributed by atoms with Crippen LogP contribution in [0.2, 0.25) is 5.02 Å². The summed E-state index contributed by atoms with van der Waals surface area (Å²) in [6, 6.07) is 3.86. The lowest BCUT2D eigenvalue weighted by atomic mass is 10.1. The van der Waals surface area contributed by atoms with Crippen molar-refractivity contribution < 1.29 is 23.2 Å². The molecule has 134 valence electrons. The monoisotopic (exact) mass is 368 g/mol. The second-order valence-corrected chi connectivity index (χ2v) is 5.98. The molecule has 0 unspecified atom stereocenters. The van der Waals surface area contributed by atoms with Gasteiger partial charge in [0, 0.05) is 17.0 Å². The number of aromatic nitrogens is 1. The lowest BCUT2D eigenvalue weighted by Gasteiger charge is -2.14. The van der Waals surface area contributed by atoms with E-state index in [9.17, 15) is 14.0 Å². The largest absolute Gasteiger partial charge is 0.453 e. The Balaban J connectivity index is 1.86. The number of carbonyl (C=O) groups excluding carboxylic acids is 2. The van der Waals surface area contributed by atoms with Crippen LogP contribution in [0.15, 0.2) is 22.7 Å². The van der Waals surface area contributed by atoms with Crippen LogP contribution in [0.1, 0.15) is 30.4 Å². The Morgan fingerprint density at radius 3 is 2.72 bits per heavy atom. The Bertz CT molecular complexity index is 771. The van der Waals surface area contributed by atoms with Gasteiger partial charge in [-0.2, -0.15) is 0 Å². The Kier molecular flexibility index (Phi) is 6.14. The molecule has 1 atom stereocenters. The maximum atomic E-state index is 13.7. The third-order valence-electron chi connectivity index (χ3n) is 3.63. The van der Waals surface area contributed by atoms with E-state index in [0.717, 1.165) is 11.6 Å². The number of nitrogens with one attached hydrogen (secondary N) is 1. The quantitative estimate of drug-likeness (QED) is 0.788. The third kappa shape index (κ3) is 5.03. The van der Waals surface area contributed by atoms with E-state index in [-0.39, 0.29) is 17.1 Å². The maximum absolute atomic E-state index is 13.7. The molecule has 8 heteroatoms. The molecule has 2 aromatic rings. The SMILES string of the molecule is Cc1noc(C)c1CCC(=O)O[C@H](C)C(=O)Nc1ccc(Cl)cc1F. The molecule has 0 spiro atoms. The molecule has 0 aliphatic heterocycles. The predicted octanol–water partition coefficient (Wildman–Crippen LogP) is 3.59. The van der Waals surface area contributed by atoms with Gasteiger partial charge < -0.3 is 14.6 Å². The molecule has 2 rings (SSSR count). The second kappa shape index (κ2) is 8.11. The van der Waals surface area contributed by atoms with E-state index >= 15 is 0 Å². The number of benzene rings is 1. The minimum Gasteiger partial charge on any atom is -0.453 e. The van der Waals surface area contributed by atoms with E-state index in [0.29, 0.717) is 17.9 Å². The summed E-state index contributed by atoms with van der Waals surface area (Å²) in [4.78, 5) is 23.9. The first-order valence-electron chi connectivity index (χ1n) is 7.65. The Hall–Kier alpha value is -2.41. The number of carbonyl (C=O) groups is 2. The fourth-order valence-electron chi connectivity index (χ4n) is 2.22. The first kappa shape index (κ1) is 18.9. The van der Waals surface area contributed by atoms with Gasteiger partial charge in [-0.3, -0.25) is 9.59 Å². The van der Waals surface area contributed by atoms with E-state index in [1.807, 2.05) is 0 Å². The summed E-state index contributed by atoms with van der Waals surface area (Å²) in [6.07, 6.45) is -0.581. The zero-order valence-corrected chi connectivity index (χ0v) is 14.8. The summed E-state index contributed by atoms with van der Waals surface area (Å²) in [5.41, 5.74) is 1.53. The van der Waals surface area contributed by atoms with Crippen LogP contribution in [0.4, 0.5) is 10.1 Å². The van der Waals surface area contributed by atoms with Crippen molar-refractivity contribution in [1.29, 1.82) is 0 Å². The highest BCUT2D eigenvalue weighted by atomic mass is 35.5. The molecule has 0 bridgehead atoms. The molecule has 0 aliphatic carbocycles. The van der Waals surface area contributed by atoms with Crippen molar-refractivity contribution in [2.75, 3.05) is 5.32 Å². The van der Waals surface area contributed by atoms with Gasteiger partial charge in [0.05, 0.1) is 11.4 Å². The number of hydrogen-bond acceptors (Lipinski definition) is 5. The van der Waals surface area contributed by atoms with Crippen LogP contribution >= 0.6 is 11.6 Å². The van der Waals surface area contributed by atoms with Gasteiger partial charge in [0.15, 0.2) is 6.10 Å². The zero-order chi connectivity index (χ0) is 18.6. The van der Waals surface area contributed by atoms with Crippen LogP contribution in [-0.2, 0) is 20.7 Å². The van der Waals surface area contributed by atoms with Crippen LogP contribution in [0.25, 0.3) is 0 Å². The van der Waals surface area contributed by atoms with Crippen molar-refractivity contribution in [2.45, 2.75) is 39.7 Å². The van der Waals surface area contributed by atoms with Gasteiger partial charge in [-0.25, -0.2) is 4.39 Å². The highest BCUT2D eigenvalue weighted by Crippen LogP contribution is 2.19. The van der Waals surface area contributed by atoms with Crippen LogP contribution in [-0.4, -0.2) is 23.1 Å². The van der Waals surface area contributed by atoms with E-state index in [1.54, 1.807) is 13.8 Å². The molecule has 1 amide bonds. The van der Waals surface area contributed by atoms with Gasteiger partial charge in [0.25, 0.3) is 5.91 Å². The molecule has 0 saturated carbocycles. The van der Waals surface area contributed by atoms with Gasteiger partial charge in [-0.05, 0) is 45.4 Å². The van der Waals surface area contributed by atoms with Crippen molar-refractivity contribution in [3.8, 4) is 0 Å². The molecule has 6 nitrogen and oxygen atoms in total. The first-order chi connectivity index (χ1) is 11.8. The summed E-state index contributed by atoms with van der Waals surface area (Å²) in [5.74, 6) is -1.20. The van der Waals surface area contributed by atoms with Gasteiger partial charge in [0.2, 0.25) is 0 Å². The molecule has 1 aromatic carbocycles. The summed E-state index contributed by atoms with van der Waals surface area (Å²) in [7, 11) is 0. The van der Waals surface area contributed by atoms with Crippen molar-refractivity contribution in [3.05, 3.63) is 46.1 Å². The van der Waals surface area contributed by atoms with Gasteiger partial charge in [-0.1, -0.05) is 16.8 Å². The summed E-state index contributed by atoms with van der Waals surface area (Å²) >= 11 is 5.65. The fraction of sp³-hybridized carbons (Fsp3) is 0.353. The Labute approximate surface area is 149 Å². The summed E-state index contributed by atoms with van der Waals surface area (Å²) in [5, 5.41) is 6.38. The van der Waals surface area contributed by atoms with E-state index in [1.165, 1.54) is 19.1 Å². The molecule has 25 heavy (non-hydrogen) atoms. The number of anilines is 1. The van der Waals surface area contributed by atoms with Gasteiger partial charge in [0.1, 0.15) is 11.6 Å². The normalized spacial score (nSPS) is 11.9. The van der Waals surface area contributed by atoms with E-state index in [4.69, 9.17) is 20.9 Å². The fourth-order valence-corrected chi connectivity index (χ4v) is 2.38. The molecule has 0 fully saturated rings. The van der Waals surface area contributed by atoms with Crippen LogP contribution in [0, 0.1) is 19.7 Å². The Morgan fingerprint density at radius 1 is 1.40 bits per heavy atom. The molecule has 0 radical (unpaired) electrons. The van der Waals surface area contributed by atoms with E-state index in [2.05, 4.69) is 10.5 Å². The number of esters is 1. The minimum absolute atomic E-state index is 0.0342. The van der Waals surface area contributed by atoms with E-state index < -0.39 is 23.8 Å². The third-order valence-corrected chi connectivity index (χ3v) is 3.86.